The number of aromatic nitrogens is 5. The average molecular weight is 304 g/mol. The number of carbonyl (C=O) groups excluding carboxylic acids is 1. The van der Waals surface area contributed by atoms with Crippen LogP contribution >= 0.6 is 0 Å². The molecule has 0 spiro atoms. The van der Waals surface area contributed by atoms with Gasteiger partial charge in [0, 0.05) is 12.4 Å². The molecule has 0 unspecified atom stereocenters. The van der Waals surface area contributed by atoms with Crippen molar-refractivity contribution in [1.82, 2.24) is 25.0 Å². The van der Waals surface area contributed by atoms with Crippen molar-refractivity contribution in [3.8, 4) is 11.4 Å². The Morgan fingerprint density at radius 1 is 1.32 bits per heavy atom. The molecule has 0 saturated heterocycles. The minimum Gasteiger partial charge on any atom is -0.317 e. The summed E-state index contributed by atoms with van der Waals surface area (Å²) in [5, 5.41) is 12.6. The van der Waals surface area contributed by atoms with Gasteiger partial charge in [-0.25, -0.2) is 4.68 Å². The molecule has 9 heteroatoms. The lowest BCUT2D eigenvalue weighted by Gasteiger charge is -2.04. The van der Waals surface area contributed by atoms with Gasteiger partial charge < -0.3 is 5.32 Å². The molecule has 0 saturated carbocycles. The Labute approximate surface area is 123 Å². The van der Waals surface area contributed by atoms with Crippen molar-refractivity contribution in [2.24, 2.45) is 0 Å². The van der Waals surface area contributed by atoms with Crippen LogP contribution in [0, 0.1) is 0 Å². The Bertz CT molecular complexity index is 783. The zero-order valence-electron chi connectivity index (χ0n) is 11.1. The number of pyridine rings is 1. The molecule has 3 rings (SSSR count). The van der Waals surface area contributed by atoms with Gasteiger partial charge in [-0.15, -0.1) is 0 Å². The van der Waals surface area contributed by atoms with Gasteiger partial charge in [-0.05, 0) is 18.2 Å². The summed E-state index contributed by atoms with van der Waals surface area (Å²) in [5.74, 6) is -0.613. The van der Waals surface area contributed by atoms with Crippen molar-refractivity contribution in [2.45, 2.75) is 6.55 Å². The van der Waals surface area contributed by atoms with E-state index in [4.69, 9.17) is 0 Å². The van der Waals surface area contributed by atoms with Crippen LogP contribution in [0.4, 0.5) is 14.5 Å². The quantitative estimate of drug-likeness (QED) is 0.774. The van der Waals surface area contributed by atoms with Crippen LogP contribution in [-0.2, 0) is 0 Å². The normalized spacial score (nSPS) is 10.9. The Balaban J connectivity index is 1.82. The van der Waals surface area contributed by atoms with Crippen molar-refractivity contribution in [3.63, 3.8) is 0 Å². The highest BCUT2D eigenvalue weighted by atomic mass is 19.3. The molecule has 22 heavy (non-hydrogen) atoms. The third kappa shape index (κ3) is 2.68. The number of halogens is 2. The minimum absolute atomic E-state index is 0.117. The van der Waals surface area contributed by atoms with Gasteiger partial charge >= 0.3 is 6.55 Å². The standard InChI is InChI=1S/C13H10F2N6O/c14-13(15)21-6-4-9(20-21)12(22)18-10-7-17-19-11(10)8-3-1-2-5-16-8/h1-7,13H,(H,17,19)(H,18,22). The monoisotopic (exact) mass is 304 g/mol. The molecular formula is C13H10F2N6O. The van der Waals surface area contributed by atoms with E-state index >= 15 is 0 Å². The number of carbonyl (C=O) groups is 1. The van der Waals surface area contributed by atoms with E-state index in [0.717, 1.165) is 6.20 Å². The second kappa shape index (κ2) is 5.72. The van der Waals surface area contributed by atoms with Crippen LogP contribution in [0.15, 0.2) is 42.9 Å². The fraction of sp³-hybridized carbons (Fsp3) is 0.0769. The highest BCUT2D eigenvalue weighted by Crippen LogP contribution is 2.23. The molecule has 0 atom stereocenters. The van der Waals surface area contributed by atoms with Crippen LogP contribution in [0.5, 0.6) is 0 Å². The van der Waals surface area contributed by atoms with E-state index in [0.29, 0.717) is 21.8 Å². The number of hydrogen-bond donors (Lipinski definition) is 2. The van der Waals surface area contributed by atoms with Gasteiger partial charge in [-0.1, -0.05) is 6.07 Å². The summed E-state index contributed by atoms with van der Waals surface area (Å²) in [4.78, 5) is 16.2. The van der Waals surface area contributed by atoms with Gasteiger partial charge in [-0.2, -0.15) is 19.0 Å². The molecule has 0 aliphatic carbocycles. The number of anilines is 1. The lowest BCUT2D eigenvalue weighted by atomic mass is 10.2. The third-order valence-corrected chi connectivity index (χ3v) is 2.85. The van der Waals surface area contributed by atoms with Crippen molar-refractivity contribution in [3.05, 3.63) is 48.5 Å². The second-order valence-electron chi connectivity index (χ2n) is 4.29. The van der Waals surface area contributed by atoms with Crippen molar-refractivity contribution in [2.75, 3.05) is 5.32 Å². The number of alkyl halides is 2. The van der Waals surface area contributed by atoms with Gasteiger partial charge in [0.2, 0.25) is 0 Å². The predicted octanol–water partition coefficient (Wildman–Crippen LogP) is 2.32. The van der Waals surface area contributed by atoms with Crippen molar-refractivity contribution < 1.29 is 13.6 Å². The molecule has 0 fully saturated rings. The molecule has 2 N–H and O–H groups in total. The molecule has 0 aliphatic heterocycles. The summed E-state index contributed by atoms with van der Waals surface area (Å²) in [5.41, 5.74) is 1.37. The summed E-state index contributed by atoms with van der Waals surface area (Å²) < 4.78 is 25.3. The summed E-state index contributed by atoms with van der Waals surface area (Å²) >= 11 is 0. The van der Waals surface area contributed by atoms with Crippen molar-refractivity contribution in [1.29, 1.82) is 0 Å². The maximum Gasteiger partial charge on any atom is 0.333 e. The van der Waals surface area contributed by atoms with E-state index in [1.54, 1.807) is 24.4 Å². The molecule has 0 aromatic carbocycles. The number of nitrogens with zero attached hydrogens (tertiary/aromatic N) is 4. The van der Waals surface area contributed by atoms with E-state index in [2.05, 4.69) is 25.6 Å². The Morgan fingerprint density at radius 2 is 2.18 bits per heavy atom. The largest absolute Gasteiger partial charge is 0.333 e. The first-order valence-electron chi connectivity index (χ1n) is 6.24. The van der Waals surface area contributed by atoms with Gasteiger partial charge in [0.05, 0.1) is 17.6 Å². The highest BCUT2D eigenvalue weighted by molar-refractivity contribution is 6.04. The fourth-order valence-electron chi connectivity index (χ4n) is 1.84. The van der Waals surface area contributed by atoms with Crippen LogP contribution in [0.1, 0.15) is 17.0 Å². The first-order valence-corrected chi connectivity index (χ1v) is 6.24. The molecule has 7 nitrogen and oxygen atoms in total. The number of amides is 1. The van der Waals surface area contributed by atoms with Crippen molar-refractivity contribution >= 4 is 11.6 Å². The lowest BCUT2D eigenvalue weighted by Crippen LogP contribution is -2.13. The Morgan fingerprint density at radius 3 is 2.86 bits per heavy atom. The van der Waals surface area contributed by atoms with E-state index in [1.165, 1.54) is 12.3 Å². The molecule has 0 aliphatic rings. The average Bonchev–Trinajstić information content (AvgIpc) is 3.17. The molecule has 3 aromatic rings. The first-order chi connectivity index (χ1) is 10.6. The smallest absolute Gasteiger partial charge is 0.317 e. The number of aromatic amines is 1. The summed E-state index contributed by atoms with van der Waals surface area (Å²) in [6.07, 6.45) is 4.05. The summed E-state index contributed by atoms with van der Waals surface area (Å²) in [6, 6.07) is 6.50. The molecular weight excluding hydrogens is 294 g/mol. The Kier molecular flexibility index (Phi) is 3.60. The molecule has 0 radical (unpaired) electrons. The molecule has 3 heterocycles. The number of nitrogens with one attached hydrogen (secondary N) is 2. The Hall–Kier alpha value is -3.10. The van der Waals surface area contributed by atoms with Crippen LogP contribution < -0.4 is 5.32 Å². The first kappa shape index (κ1) is 13.9. The van der Waals surface area contributed by atoms with Crippen LogP contribution in [-0.4, -0.2) is 30.9 Å². The zero-order chi connectivity index (χ0) is 15.5. The van der Waals surface area contributed by atoms with E-state index in [9.17, 15) is 13.6 Å². The summed E-state index contributed by atoms with van der Waals surface area (Å²) in [6.45, 7) is -2.79. The second-order valence-corrected chi connectivity index (χ2v) is 4.29. The number of hydrogen-bond acceptors (Lipinski definition) is 4. The van der Waals surface area contributed by atoms with E-state index in [-0.39, 0.29) is 5.69 Å². The number of H-pyrrole nitrogens is 1. The maximum atomic E-state index is 12.5. The minimum atomic E-state index is -2.79. The highest BCUT2D eigenvalue weighted by Gasteiger charge is 2.16. The maximum absolute atomic E-state index is 12.5. The van der Waals surface area contributed by atoms with E-state index < -0.39 is 12.5 Å². The van der Waals surface area contributed by atoms with Crippen LogP contribution in [0.2, 0.25) is 0 Å². The van der Waals surface area contributed by atoms with Gasteiger partial charge in [0.15, 0.2) is 5.69 Å². The van der Waals surface area contributed by atoms with Crippen LogP contribution in [0.25, 0.3) is 11.4 Å². The molecule has 1 amide bonds. The SMILES string of the molecule is O=C(Nc1cn[nH]c1-c1ccccn1)c1ccn(C(F)F)n1. The predicted molar refractivity (Wildman–Crippen MR) is 73.3 cm³/mol. The topological polar surface area (TPSA) is 88.5 Å². The molecule has 112 valence electrons. The van der Waals surface area contributed by atoms with Gasteiger partial charge in [0.25, 0.3) is 5.91 Å². The number of rotatable bonds is 4. The van der Waals surface area contributed by atoms with E-state index in [1.807, 2.05) is 0 Å². The lowest BCUT2D eigenvalue weighted by molar-refractivity contribution is 0.0561. The van der Waals surface area contributed by atoms with Gasteiger partial charge in [0.1, 0.15) is 5.69 Å². The zero-order valence-corrected chi connectivity index (χ0v) is 11.1. The summed E-state index contributed by atoms with van der Waals surface area (Å²) in [7, 11) is 0. The fourth-order valence-corrected chi connectivity index (χ4v) is 1.84. The molecule has 0 bridgehead atoms. The van der Waals surface area contributed by atoms with Crippen LogP contribution in [0.3, 0.4) is 0 Å². The molecule has 3 aromatic heterocycles. The third-order valence-electron chi connectivity index (χ3n) is 2.85. The van der Waals surface area contributed by atoms with Gasteiger partial charge in [-0.3, -0.25) is 14.9 Å².